The Hall–Kier alpha value is -2.26. The number of thiazole rings is 1. The van der Waals surface area contributed by atoms with Crippen LogP contribution in [0.25, 0.3) is 10.8 Å². The zero-order valence-electron chi connectivity index (χ0n) is 16.2. The molecule has 3 rings (SSSR count). The van der Waals surface area contributed by atoms with Crippen LogP contribution in [0.2, 0.25) is 0 Å². The SMILES string of the molecule is CC(C)(C)OC(=O)NCc1cnc(-c2nc3n(n2)CCN(S(=O)(=O)C(F)(F)F)C3)s1. The summed E-state index contributed by atoms with van der Waals surface area (Å²) in [5.74, 6) is 0.262. The molecule has 166 valence electrons. The van der Waals surface area contributed by atoms with Crippen LogP contribution >= 0.6 is 11.3 Å². The topological polar surface area (TPSA) is 119 Å². The Morgan fingerprint density at radius 1 is 1.30 bits per heavy atom. The highest BCUT2D eigenvalue weighted by molar-refractivity contribution is 7.89. The Balaban J connectivity index is 1.68. The summed E-state index contributed by atoms with van der Waals surface area (Å²) >= 11 is 1.19. The van der Waals surface area contributed by atoms with Crippen molar-refractivity contribution in [2.45, 2.75) is 51.5 Å². The highest BCUT2D eigenvalue weighted by Gasteiger charge is 2.50. The number of fused-ring (bicyclic) bond motifs is 1. The molecule has 1 N–H and O–H groups in total. The minimum absolute atomic E-state index is 0.0594. The van der Waals surface area contributed by atoms with Crippen LogP contribution in [-0.4, -0.2) is 56.2 Å². The minimum Gasteiger partial charge on any atom is -0.444 e. The number of ether oxygens (including phenoxy) is 1. The fourth-order valence-corrected chi connectivity index (χ4v) is 4.20. The fourth-order valence-electron chi connectivity index (χ4n) is 2.52. The summed E-state index contributed by atoms with van der Waals surface area (Å²) in [6, 6.07) is 0. The molecule has 0 bridgehead atoms. The molecule has 0 unspecified atom stereocenters. The van der Waals surface area contributed by atoms with E-state index in [0.29, 0.717) is 14.2 Å². The second-order valence-electron chi connectivity index (χ2n) is 7.35. The molecule has 2 aromatic rings. The number of nitrogens with one attached hydrogen (secondary N) is 1. The third-order valence-electron chi connectivity index (χ3n) is 3.81. The normalized spacial score (nSPS) is 15.7. The fraction of sp³-hybridized carbons (Fsp3) is 0.600. The summed E-state index contributed by atoms with van der Waals surface area (Å²) in [4.78, 5) is 20.7. The lowest BCUT2D eigenvalue weighted by Crippen LogP contribution is -2.44. The van der Waals surface area contributed by atoms with Crippen LogP contribution in [0.15, 0.2) is 6.20 Å². The van der Waals surface area contributed by atoms with Gasteiger partial charge in [0.1, 0.15) is 11.4 Å². The number of hydrogen-bond donors (Lipinski definition) is 1. The summed E-state index contributed by atoms with van der Waals surface area (Å²) in [7, 11) is -5.43. The lowest BCUT2D eigenvalue weighted by molar-refractivity contribution is -0.0496. The van der Waals surface area contributed by atoms with Crippen LogP contribution in [0.5, 0.6) is 0 Å². The van der Waals surface area contributed by atoms with Gasteiger partial charge in [-0.3, -0.25) is 0 Å². The predicted octanol–water partition coefficient (Wildman–Crippen LogP) is 2.09. The zero-order valence-corrected chi connectivity index (χ0v) is 17.9. The van der Waals surface area contributed by atoms with Crippen molar-refractivity contribution in [2.24, 2.45) is 0 Å². The molecule has 0 saturated carbocycles. The van der Waals surface area contributed by atoms with Crippen LogP contribution in [-0.2, 0) is 34.4 Å². The van der Waals surface area contributed by atoms with E-state index in [4.69, 9.17) is 4.74 Å². The summed E-state index contributed by atoms with van der Waals surface area (Å²) in [6.07, 6.45) is 0.927. The van der Waals surface area contributed by atoms with Gasteiger partial charge in [-0.2, -0.15) is 17.5 Å². The van der Waals surface area contributed by atoms with Gasteiger partial charge in [-0.15, -0.1) is 16.4 Å². The molecule has 1 aliphatic rings. The monoisotopic (exact) mass is 468 g/mol. The summed E-state index contributed by atoms with van der Waals surface area (Å²) < 4.78 is 68.3. The molecule has 0 radical (unpaired) electrons. The molecule has 10 nitrogen and oxygen atoms in total. The molecule has 15 heteroatoms. The van der Waals surface area contributed by atoms with E-state index in [2.05, 4.69) is 20.4 Å². The number of halogens is 3. The molecular weight excluding hydrogens is 449 g/mol. The van der Waals surface area contributed by atoms with Gasteiger partial charge in [0.25, 0.3) is 0 Å². The van der Waals surface area contributed by atoms with Gasteiger partial charge in [0.2, 0.25) is 5.82 Å². The van der Waals surface area contributed by atoms with Gasteiger partial charge >= 0.3 is 21.6 Å². The molecule has 30 heavy (non-hydrogen) atoms. The van der Waals surface area contributed by atoms with Crippen LogP contribution in [0.4, 0.5) is 18.0 Å². The largest absolute Gasteiger partial charge is 0.511 e. The lowest BCUT2D eigenvalue weighted by atomic mass is 10.2. The Morgan fingerprint density at radius 3 is 2.63 bits per heavy atom. The van der Waals surface area contributed by atoms with E-state index in [1.807, 2.05) is 0 Å². The number of carbonyl (C=O) groups is 1. The maximum Gasteiger partial charge on any atom is 0.511 e. The van der Waals surface area contributed by atoms with Gasteiger partial charge in [0.15, 0.2) is 5.01 Å². The average molecular weight is 468 g/mol. The predicted molar refractivity (Wildman–Crippen MR) is 99.6 cm³/mol. The molecular formula is C15H19F3N6O4S2. The molecule has 3 heterocycles. The zero-order chi connectivity index (χ0) is 22.3. The minimum atomic E-state index is -5.43. The number of carbonyl (C=O) groups excluding carboxylic acids is 1. The third-order valence-corrected chi connectivity index (χ3v) is 6.38. The van der Waals surface area contributed by atoms with Gasteiger partial charge in [-0.1, -0.05) is 0 Å². The van der Waals surface area contributed by atoms with Crippen molar-refractivity contribution in [1.29, 1.82) is 0 Å². The first-order chi connectivity index (χ1) is 13.8. The van der Waals surface area contributed by atoms with Gasteiger partial charge in [-0.25, -0.2) is 27.9 Å². The van der Waals surface area contributed by atoms with E-state index in [9.17, 15) is 26.4 Å². The van der Waals surface area contributed by atoms with E-state index in [1.54, 1.807) is 20.8 Å². The summed E-state index contributed by atoms with van der Waals surface area (Å²) in [6.45, 7) is 4.43. The number of sulfonamides is 1. The maximum absolute atomic E-state index is 12.8. The molecule has 1 aliphatic heterocycles. The van der Waals surface area contributed by atoms with Gasteiger partial charge in [0.05, 0.1) is 19.6 Å². The van der Waals surface area contributed by atoms with E-state index in [1.165, 1.54) is 22.2 Å². The van der Waals surface area contributed by atoms with Crippen molar-refractivity contribution in [3.8, 4) is 10.8 Å². The Kier molecular flexibility index (Phi) is 5.81. The first kappa shape index (κ1) is 22.4. The quantitative estimate of drug-likeness (QED) is 0.730. The van der Waals surface area contributed by atoms with E-state index >= 15 is 0 Å². The average Bonchev–Trinajstić information content (AvgIpc) is 3.23. The molecule has 2 aromatic heterocycles. The van der Waals surface area contributed by atoms with Crippen molar-refractivity contribution in [2.75, 3.05) is 6.54 Å². The Labute approximate surface area is 174 Å². The Morgan fingerprint density at radius 2 is 2.00 bits per heavy atom. The number of alkyl halides is 3. The van der Waals surface area contributed by atoms with Crippen molar-refractivity contribution < 1.29 is 31.1 Å². The summed E-state index contributed by atoms with van der Waals surface area (Å²) in [5, 5.41) is 7.18. The highest BCUT2D eigenvalue weighted by Crippen LogP contribution is 2.30. The number of aromatic nitrogens is 4. The molecule has 0 saturated heterocycles. The van der Waals surface area contributed by atoms with Crippen molar-refractivity contribution >= 4 is 27.5 Å². The number of amides is 1. The molecule has 0 fully saturated rings. The second-order valence-corrected chi connectivity index (χ2v) is 10.4. The van der Waals surface area contributed by atoms with Gasteiger partial charge in [-0.05, 0) is 20.8 Å². The van der Waals surface area contributed by atoms with E-state index < -0.39 is 33.8 Å². The second kappa shape index (κ2) is 7.77. The Bertz CT molecular complexity index is 1040. The number of rotatable bonds is 4. The molecule has 0 spiro atoms. The van der Waals surface area contributed by atoms with Crippen LogP contribution < -0.4 is 5.32 Å². The lowest BCUT2D eigenvalue weighted by Gasteiger charge is -2.26. The van der Waals surface area contributed by atoms with E-state index in [-0.39, 0.29) is 31.3 Å². The molecule has 1 amide bonds. The number of hydrogen-bond acceptors (Lipinski definition) is 8. The number of nitrogens with zero attached hydrogens (tertiary/aromatic N) is 5. The summed E-state index contributed by atoms with van der Waals surface area (Å²) in [5.41, 5.74) is -6.00. The third kappa shape index (κ3) is 4.89. The van der Waals surface area contributed by atoms with Crippen molar-refractivity contribution in [3.05, 3.63) is 16.9 Å². The van der Waals surface area contributed by atoms with Crippen molar-refractivity contribution in [1.82, 2.24) is 29.4 Å². The van der Waals surface area contributed by atoms with E-state index in [0.717, 1.165) is 0 Å². The first-order valence-corrected chi connectivity index (χ1v) is 10.9. The van der Waals surface area contributed by atoms with Crippen LogP contribution in [0.1, 0.15) is 31.5 Å². The maximum atomic E-state index is 12.8. The molecule has 0 atom stereocenters. The molecule has 0 aromatic carbocycles. The van der Waals surface area contributed by atoms with Crippen LogP contribution in [0.3, 0.4) is 0 Å². The van der Waals surface area contributed by atoms with Gasteiger partial charge in [0, 0.05) is 17.6 Å². The van der Waals surface area contributed by atoms with Crippen LogP contribution in [0, 0.1) is 0 Å². The smallest absolute Gasteiger partial charge is 0.444 e. The van der Waals surface area contributed by atoms with Crippen molar-refractivity contribution in [3.63, 3.8) is 0 Å². The van der Waals surface area contributed by atoms with Gasteiger partial charge < -0.3 is 10.1 Å². The first-order valence-electron chi connectivity index (χ1n) is 8.68. The highest BCUT2D eigenvalue weighted by atomic mass is 32.2. The molecule has 0 aliphatic carbocycles. The standard InChI is InChI=1S/C15H19F3N6O4S2/c1-14(2,3)28-13(25)20-7-9-6-19-12(29-9)11-21-10-8-23(4-5-24(10)22-11)30(26,27)15(16,17)18/h6H,4-5,7-8H2,1-3H3,(H,20,25). The number of alkyl carbamates (subject to hydrolysis) is 1.